The molecule has 2 N–H and O–H groups in total. The van der Waals surface area contributed by atoms with E-state index in [1.165, 1.54) is 29.7 Å². The molecule has 3 rings (SSSR count). The molecule has 20 heavy (non-hydrogen) atoms. The summed E-state index contributed by atoms with van der Waals surface area (Å²) in [5.74, 6) is 0. The van der Waals surface area contributed by atoms with Crippen LogP contribution in [0, 0.1) is 0 Å². The van der Waals surface area contributed by atoms with Crippen LogP contribution in [-0.4, -0.2) is 13.1 Å². The Morgan fingerprint density at radius 2 is 1.60 bits per heavy atom. The number of hydrogen-bond donors (Lipinski definition) is 1. The topological polar surface area (TPSA) is 29.3 Å². The number of hydrogen-bond acceptors (Lipinski definition) is 2. The van der Waals surface area contributed by atoms with Gasteiger partial charge in [-0.1, -0.05) is 29.8 Å². The Balaban J connectivity index is 1.77. The van der Waals surface area contributed by atoms with Crippen LogP contribution in [0.25, 0.3) is 0 Å². The van der Waals surface area contributed by atoms with E-state index in [4.69, 9.17) is 17.3 Å². The average molecular weight is 287 g/mol. The van der Waals surface area contributed by atoms with Crippen LogP contribution in [0.5, 0.6) is 0 Å². The standard InChI is InChI=1S/C17H19ClN2/c18-15-6-3-13(4-7-15)11-14-5-8-17(16(19)12-14)20-9-1-2-10-20/h3-8,12H,1-2,9-11,19H2. The maximum absolute atomic E-state index is 6.22. The van der Waals surface area contributed by atoms with Crippen molar-refractivity contribution in [1.82, 2.24) is 0 Å². The van der Waals surface area contributed by atoms with Crippen LogP contribution in [0.3, 0.4) is 0 Å². The van der Waals surface area contributed by atoms with Crippen LogP contribution in [0.4, 0.5) is 11.4 Å². The van der Waals surface area contributed by atoms with Crippen molar-refractivity contribution >= 4 is 23.0 Å². The maximum Gasteiger partial charge on any atom is 0.0600 e. The molecule has 1 heterocycles. The van der Waals surface area contributed by atoms with Crippen molar-refractivity contribution in [2.45, 2.75) is 19.3 Å². The second-order valence-corrected chi connectivity index (χ2v) is 5.83. The van der Waals surface area contributed by atoms with E-state index < -0.39 is 0 Å². The van der Waals surface area contributed by atoms with Gasteiger partial charge in [0.1, 0.15) is 0 Å². The molecule has 2 aromatic rings. The Morgan fingerprint density at radius 1 is 0.950 bits per heavy atom. The SMILES string of the molecule is Nc1cc(Cc2ccc(Cl)cc2)ccc1N1CCCC1. The minimum Gasteiger partial charge on any atom is -0.397 e. The van der Waals surface area contributed by atoms with Gasteiger partial charge in [0.25, 0.3) is 0 Å². The molecule has 0 atom stereocenters. The lowest BCUT2D eigenvalue weighted by Gasteiger charge is -2.20. The molecular formula is C17H19ClN2. The maximum atomic E-state index is 6.22. The van der Waals surface area contributed by atoms with Crippen molar-refractivity contribution in [2.75, 3.05) is 23.7 Å². The molecule has 0 amide bonds. The second kappa shape index (κ2) is 5.76. The van der Waals surface area contributed by atoms with Crippen molar-refractivity contribution in [3.63, 3.8) is 0 Å². The summed E-state index contributed by atoms with van der Waals surface area (Å²) in [6, 6.07) is 14.4. The first-order valence-corrected chi connectivity index (χ1v) is 7.48. The normalized spacial score (nSPS) is 14.8. The largest absolute Gasteiger partial charge is 0.397 e. The summed E-state index contributed by atoms with van der Waals surface area (Å²) >= 11 is 5.91. The predicted octanol–water partition coefficient (Wildman–Crippen LogP) is 4.11. The van der Waals surface area contributed by atoms with Gasteiger partial charge in [-0.3, -0.25) is 0 Å². The fraction of sp³-hybridized carbons (Fsp3) is 0.294. The zero-order valence-electron chi connectivity index (χ0n) is 11.5. The zero-order valence-corrected chi connectivity index (χ0v) is 12.2. The molecule has 1 fully saturated rings. The summed E-state index contributed by atoms with van der Waals surface area (Å²) < 4.78 is 0. The molecule has 1 saturated heterocycles. The Labute approximate surface area is 125 Å². The van der Waals surface area contributed by atoms with E-state index in [0.29, 0.717) is 0 Å². The van der Waals surface area contributed by atoms with Crippen LogP contribution >= 0.6 is 11.6 Å². The molecule has 2 nitrogen and oxygen atoms in total. The van der Waals surface area contributed by atoms with Gasteiger partial charge in [-0.05, 0) is 54.7 Å². The van der Waals surface area contributed by atoms with Crippen LogP contribution < -0.4 is 10.6 Å². The van der Waals surface area contributed by atoms with Crippen molar-refractivity contribution in [1.29, 1.82) is 0 Å². The first-order valence-electron chi connectivity index (χ1n) is 7.10. The van der Waals surface area contributed by atoms with Gasteiger partial charge in [0.2, 0.25) is 0 Å². The molecule has 0 spiro atoms. The lowest BCUT2D eigenvalue weighted by atomic mass is 10.0. The lowest BCUT2D eigenvalue weighted by molar-refractivity contribution is 0.949. The quantitative estimate of drug-likeness (QED) is 0.860. The molecule has 0 saturated carbocycles. The molecule has 0 radical (unpaired) electrons. The predicted molar refractivity (Wildman–Crippen MR) is 86.6 cm³/mol. The molecule has 1 aliphatic rings. The van der Waals surface area contributed by atoms with Gasteiger partial charge in [-0.15, -0.1) is 0 Å². The monoisotopic (exact) mass is 286 g/mol. The third-order valence-corrected chi connectivity index (χ3v) is 4.11. The molecule has 1 aliphatic heterocycles. The van der Waals surface area contributed by atoms with E-state index in [1.807, 2.05) is 12.1 Å². The van der Waals surface area contributed by atoms with E-state index in [1.54, 1.807) is 0 Å². The van der Waals surface area contributed by atoms with Gasteiger partial charge >= 0.3 is 0 Å². The average Bonchev–Trinajstić information content (AvgIpc) is 2.95. The van der Waals surface area contributed by atoms with Crippen molar-refractivity contribution < 1.29 is 0 Å². The van der Waals surface area contributed by atoms with Gasteiger partial charge in [-0.2, -0.15) is 0 Å². The fourth-order valence-corrected chi connectivity index (χ4v) is 2.92. The van der Waals surface area contributed by atoms with E-state index in [2.05, 4.69) is 35.2 Å². The molecule has 2 aromatic carbocycles. The number of anilines is 2. The minimum atomic E-state index is 0.776. The summed E-state index contributed by atoms with van der Waals surface area (Å²) in [5.41, 5.74) is 10.8. The highest BCUT2D eigenvalue weighted by Crippen LogP contribution is 2.28. The Morgan fingerprint density at radius 3 is 2.25 bits per heavy atom. The van der Waals surface area contributed by atoms with Crippen molar-refractivity contribution in [2.24, 2.45) is 0 Å². The molecule has 104 valence electrons. The highest BCUT2D eigenvalue weighted by atomic mass is 35.5. The first-order chi connectivity index (χ1) is 9.72. The second-order valence-electron chi connectivity index (χ2n) is 5.39. The summed E-state index contributed by atoms with van der Waals surface area (Å²) in [4.78, 5) is 2.38. The van der Waals surface area contributed by atoms with Crippen molar-refractivity contribution in [3.05, 3.63) is 58.6 Å². The Bertz CT molecular complexity index is 586. The summed E-state index contributed by atoms with van der Waals surface area (Å²) in [5, 5.41) is 0.776. The van der Waals surface area contributed by atoms with E-state index in [9.17, 15) is 0 Å². The summed E-state index contributed by atoms with van der Waals surface area (Å²) in [6.45, 7) is 2.25. The highest BCUT2D eigenvalue weighted by Gasteiger charge is 2.14. The fourth-order valence-electron chi connectivity index (χ4n) is 2.80. The van der Waals surface area contributed by atoms with Crippen LogP contribution in [0.2, 0.25) is 5.02 Å². The summed E-state index contributed by atoms with van der Waals surface area (Å²) in [7, 11) is 0. The molecule has 0 aromatic heterocycles. The smallest absolute Gasteiger partial charge is 0.0600 e. The number of benzene rings is 2. The van der Waals surface area contributed by atoms with Gasteiger partial charge in [0.05, 0.1) is 11.4 Å². The van der Waals surface area contributed by atoms with Crippen LogP contribution in [0.1, 0.15) is 24.0 Å². The van der Waals surface area contributed by atoms with E-state index >= 15 is 0 Å². The number of nitrogen functional groups attached to an aromatic ring is 1. The summed E-state index contributed by atoms with van der Waals surface area (Å²) in [6.07, 6.45) is 3.43. The number of rotatable bonds is 3. The molecular weight excluding hydrogens is 268 g/mol. The van der Waals surface area contributed by atoms with Crippen LogP contribution in [0.15, 0.2) is 42.5 Å². The Kier molecular flexibility index (Phi) is 3.83. The van der Waals surface area contributed by atoms with E-state index in [0.717, 1.165) is 30.2 Å². The van der Waals surface area contributed by atoms with Crippen molar-refractivity contribution in [3.8, 4) is 0 Å². The molecule has 0 bridgehead atoms. The zero-order chi connectivity index (χ0) is 13.9. The third-order valence-electron chi connectivity index (χ3n) is 3.86. The van der Waals surface area contributed by atoms with Gasteiger partial charge in [0.15, 0.2) is 0 Å². The highest BCUT2D eigenvalue weighted by molar-refractivity contribution is 6.30. The molecule has 0 aliphatic carbocycles. The van der Waals surface area contributed by atoms with Crippen LogP contribution in [-0.2, 0) is 6.42 Å². The van der Waals surface area contributed by atoms with Gasteiger partial charge < -0.3 is 10.6 Å². The van der Waals surface area contributed by atoms with E-state index in [-0.39, 0.29) is 0 Å². The molecule has 3 heteroatoms. The first kappa shape index (κ1) is 13.3. The number of nitrogens with zero attached hydrogens (tertiary/aromatic N) is 1. The van der Waals surface area contributed by atoms with Gasteiger partial charge in [0, 0.05) is 18.1 Å². The lowest BCUT2D eigenvalue weighted by Crippen LogP contribution is -2.19. The molecule has 0 unspecified atom stereocenters. The van der Waals surface area contributed by atoms with Gasteiger partial charge in [-0.25, -0.2) is 0 Å². The Hall–Kier alpha value is -1.67. The third kappa shape index (κ3) is 2.91. The number of nitrogens with two attached hydrogens (primary N) is 1. The number of halogens is 1. The minimum absolute atomic E-state index is 0.776.